The summed E-state index contributed by atoms with van der Waals surface area (Å²) in [5, 5.41) is 3.11. The predicted octanol–water partition coefficient (Wildman–Crippen LogP) is 2.89. The van der Waals surface area contributed by atoms with Gasteiger partial charge in [-0.3, -0.25) is 4.79 Å². The molecule has 0 aliphatic carbocycles. The lowest BCUT2D eigenvalue weighted by Gasteiger charge is -2.31. The molecule has 2 aliphatic rings. The number of nitrogens with zero attached hydrogens (tertiary/aromatic N) is 2. The molecule has 0 saturated carbocycles. The molecule has 1 atom stereocenters. The first-order valence-electron chi connectivity index (χ1n) is 12.3. The first kappa shape index (κ1) is 27.8. The van der Waals surface area contributed by atoms with Gasteiger partial charge in [-0.1, -0.05) is 23.7 Å². The lowest BCUT2D eigenvalue weighted by molar-refractivity contribution is -0.126. The minimum atomic E-state index is -3.80. The van der Waals surface area contributed by atoms with E-state index in [1.54, 1.807) is 24.3 Å². The minimum Gasteiger partial charge on any atom is -0.495 e. The van der Waals surface area contributed by atoms with Crippen molar-refractivity contribution in [3.8, 4) is 5.75 Å². The normalized spacial score (nSPS) is 19.6. The van der Waals surface area contributed by atoms with Crippen molar-refractivity contribution < 1.29 is 26.4 Å². The highest BCUT2D eigenvalue weighted by Crippen LogP contribution is 2.30. The molecule has 2 aliphatic heterocycles. The molecule has 2 aromatic rings. The lowest BCUT2D eigenvalue weighted by Crippen LogP contribution is -2.45. The summed E-state index contributed by atoms with van der Waals surface area (Å²) in [5.74, 6) is -0.259. The second-order valence-corrected chi connectivity index (χ2v) is 13.6. The number of amides is 1. The molecule has 1 amide bonds. The first-order valence-corrected chi connectivity index (χ1v) is 15.6. The summed E-state index contributed by atoms with van der Waals surface area (Å²) in [6.45, 7) is 1.92. The average Bonchev–Trinajstić information content (AvgIpc) is 3.45. The quantitative estimate of drug-likeness (QED) is 0.497. The Labute approximate surface area is 223 Å². The van der Waals surface area contributed by atoms with Gasteiger partial charge in [0.2, 0.25) is 26.0 Å². The van der Waals surface area contributed by atoms with Crippen LogP contribution < -0.4 is 10.1 Å². The van der Waals surface area contributed by atoms with Gasteiger partial charge in [-0.05, 0) is 68.0 Å². The number of piperidine rings is 1. The SMILES string of the molecule is COc1ccc(S(=O)(=O)N2CCCC(C(=O)NCCc3ccc(S(=O)(=O)N4CCCC4)cc3)C2)cc1Cl. The van der Waals surface area contributed by atoms with E-state index >= 15 is 0 Å². The third-order valence-corrected chi connectivity index (χ3v) is 10.9. The summed E-state index contributed by atoms with van der Waals surface area (Å²) < 4.78 is 59.5. The molecule has 2 aromatic carbocycles. The number of nitrogens with one attached hydrogen (secondary N) is 1. The number of carbonyl (C=O) groups is 1. The average molecular weight is 570 g/mol. The van der Waals surface area contributed by atoms with E-state index in [1.807, 2.05) is 0 Å². The van der Waals surface area contributed by atoms with Crippen LogP contribution in [0.1, 0.15) is 31.2 Å². The maximum atomic E-state index is 13.1. The zero-order valence-electron chi connectivity index (χ0n) is 20.7. The van der Waals surface area contributed by atoms with E-state index in [0.29, 0.717) is 51.2 Å². The Bertz CT molecular complexity index is 1330. The van der Waals surface area contributed by atoms with Crippen molar-refractivity contribution >= 4 is 37.6 Å². The topological polar surface area (TPSA) is 113 Å². The summed E-state index contributed by atoms with van der Waals surface area (Å²) in [6.07, 6.45) is 3.49. The van der Waals surface area contributed by atoms with Crippen LogP contribution in [0.25, 0.3) is 0 Å². The predicted molar refractivity (Wildman–Crippen MR) is 141 cm³/mol. The highest BCUT2D eigenvalue weighted by Gasteiger charge is 2.33. The number of methoxy groups -OCH3 is 1. The number of ether oxygens (including phenoxy) is 1. The molecule has 2 saturated heterocycles. The lowest BCUT2D eigenvalue weighted by atomic mass is 9.99. The van der Waals surface area contributed by atoms with E-state index in [9.17, 15) is 21.6 Å². The van der Waals surface area contributed by atoms with Crippen LogP contribution in [-0.4, -0.2) is 71.2 Å². The molecule has 202 valence electrons. The van der Waals surface area contributed by atoms with Crippen LogP contribution in [-0.2, 0) is 31.3 Å². The molecule has 0 bridgehead atoms. The van der Waals surface area contributed by atoms with E-state index in [1.165, 1.54) is 33.9 Å². The summed E-state index contributed by atoms with van der Waals surface area (Å²) in [7, 11) is -5.80. The fraction of sp³-hybridized carbons (Fsp3) is 0.480. The Morgan fingerprint density at radius 2 is 1.57 bits per heavy atom. The van der Waals surface area contributed by atoms with Crippen LogP contribution in [0.3, 0.4) is 0 Å². The first-order chi connectivity index (χ1) is 17.6. The van der Waals surface area contributed by atoms with Gasteiger partial charge in [0, 0.05) is 32.7 Å². The van der Waals surface area contributed by atoms with Gasteiger partial charge >= 0.3 is 0 Å². The molecule has 1 N–H and O–H groups in total. The van der Waals surface area contributed by atoms with E-state index in [0.717, 1.165) is 18.4 Å². The van der Waals surface area contributed by atoms with Crippen LogP contribution in [0.2, 0.25) is 5.02 Å². The number of rotatable bonds is 9. The smallest absolute Gasteiger partial charge is 0.243 e. The largest absolute Gasteiger partial charge is 0.495 e. The molecule has 12 heteroatoms. The maximum Gasteiger partial charge on any atom is 0.243 e. The molecule has 9 nitrogen and oxygen atoms in total. The second kappa shape index (κ2) is 11.7. The van der Waals surface area contributed by atoms with Crippen molar-refractivity contribution in [3.63, 3.8) is 0 Å². The molecule has 0 radical (unpaired) electrons. The Morgan fingerprint density at radius 1 is 0.946 bits per heavy atom. The Balaban J connectivity index is 1.31. The van der Waals surface area contributed by atoms with Crippen molar-refractivity contribution in [1.29, 1.82) is 0 Å². The zero-order chi connectivity index (χ0) is 26.6. The third kappa shape index (κ3) is 6.28. The summed E-state index contributed by atoms with van der Waals surface area (Å²) in [5.41, 5.74) is 0.907. The van der Waals surface area contributed by atoms with Gasteiger partial charge in [-0.25, -0.2) is 16.8 Å². The molecule has 0 spiro atoms. The molecule has 2 heterocycles. The highest BCUT2D eigenvalue weighted by molar-refractivity contribution is 7.89. The zero-order valence-corrected chi connectivity index (χ0v) is 23.1. The van der Waals surface area contributed by atoms with Gasteiger partial charge in [0.15, 0.2) is 0 Å². The van der Waals surface area contributed by atoms with Crippen molar-refractivity contribution in [1.82, 2.24) is 13.9 Å². The Kier molecular flexibility index (Phi) is 8.80. The summed E-state index contributed by atoms with van der Waals surface area (Å²) >= 11 is 6.12. The van der Waals surface area contributed by atoms with Crippen LogP contribution in [0.4, 0.5) is 0 Å². The molecular weight excluding hydrogens is 538 g/mol. The van der Waals surface area contributed by atoms with E-state index < -0.39 is 26.0 Å². The van der Waals surface area contributed by atoms with Gasteiger partial charge in [-0.15, -0.1) is 0 Å². The standard InChI is InChI=1S/C25H32ClN3O6S2/c1-35-24-11-10-22(17-23(24)26)37(33,34)29-16-4-5-20(18-29)25(30)27-13-12-19-6-8-21(9-7-19)36(31,32)28-14-2-3-15-28/h6-11,17,20H,2-5,12-16,18H2,1H3,(H,27,30). The maximum absolute atomic E-state index is 13.1. The van der Waals surface area contributed by atoms with Crippen molar-refractivity contribution in [2.45, 2.75) is 41.9 Å². The van der Waals surface area contributed by atoms with Gasteiger partial charge in [0.25, 0.3) is 0 Å². The number of hydrogen-bond acceptors (Lipinski definition) is 6. The van der Waals surface area contributed by atoms with Crippen LogP contribution in [0.5, 0.6) is 5.75 Å². The van der Waals surface area contributed by atoms with E-state index in [-0.39, 0.29) is 27.3 Å². The van der Waals surface area contributed by atoms with E-state index in [4.69, 9.17) is 16.3 Å². The fourth-order valence-corrected chi connectivity index (χ4v) is 8.10. The Hall–Kier alpha value is -2.18. The number of halogens is 1. The third-order valence-electron chi connectivity index (χ3n) is 6.86. The van der Waals surface area contributed by atoms with Gasteiger partial charge < -0.3 is 10.1 Å². The van der Waals surface area contributed by atoms with Gasteiger partial charge in [-0.2, -0.15) is 8.61 Å². The van der Waals surface area contributed by atoms with Crippen LogP contribution in [0, 0.1) is 5.92 Å². The number of benzene rings is 2. The molecule has 4 rings (SSSR count). The van der Waals surface area contributed by atoms with Crippen molar-refractivity contribution in [2.75, 3.05) is 39.8 Å². The minimum absolute atomic E-state index is 0.0644. The summed E-state index contributed by atoms with van der Waals surface area (Å²) in [4.78, 5) is 13.2. The molecule has 0 aromatic heterocycles. The second-order valence-electron chi connectivity index (χ2n) is 9.29. The summed E-state index contributed by atoms with van der Waals surface area (Å²) in [6, 6.07) is 11.1. The number of carbonyl (C=O) groups excluding carboxylic acids is 1. The fourth-order valence-electron chi connectivity index (χ4n) is 4.71. The molecule has 1 unspecified atom stereocenters. The van der Waals surface area contributed by atoms with Crippen LogP contribution >= 0.6 is 11.6 Å². The number of sulfonamides is 2. The molecule has 2 fully saturated rings. The molecular formula is C25H32ClN3O6S2. The van der Waals surface area contributed by atoms with Gasteiger partial charge in [0.1, 0.15) is 5.75 Å². The monoisotopic (exact) mass is 569 g/mol. The number of hydrogen-bond donors (Lipinski definition) is 1. The van der Waals surface area contributed by atoms with Gasteiger partial charge in [0.05, 0.1) is 27.8 Å². The Morgan fingerprint density at radius 3 is 2.22 bits per heavy atom. The highest BCUT2D eigenvalue weighted by atomic mass is 35.5. The molecule has 37 heavy (non-hydrogen) atoms. The van der Waals surface area contributed by atoms with Crippen molar-refractivity contribution in [2.24, 2.45) is 5.92 Å². The van der Waals surface area contributed by atoms with Crippen molar-refractivity contribution in [3.05, 3.63) is 53.1 Å². The van der Waals surface area contributed by atoms with E-state index in [2.05, 4.69) is 5.32 Å². The van der Waals surface area contributed by atoms with Crippen LogP contribution in [0.15, 0.2) is 52.3 Å².